The first kappa shape index (κ1) is 18.2. The largest absolute Gasteiger partial charge is 0.496 e. The molecule has 2 aromatic rings. The Hall–Kier alpha value is -3.15. The molecule has 6 nitrogen and oxygen atoms in total. The van der Waals surface area contributed by atoms with Gasteiger partial charge in [-0.1, -0.05) is 30.3 Å². The van der Waals surface area contributed by atoms with Gasteiger partial charge in [0.2, 0.25) is 11.8 Å². The van der Waals surface area contributed by atoms with Gasteiger partial charge in [-0.05, 0) is 30.7 Å². The minimum atomic E-state index is -0.328. The van der Waals surface area contributed by atoms with Crippen molar-refractivity contribution in [3.8, 4) is 5.75 Å². The number of hydrogen-bond acceptors (Lipinski definition) is 4. The van der Waals surface area contributed by atoms with Crippen LogP contribution in [0.1, 0.15) is 24.0 Å². The van der Waals surface area contributed by atoms with E-state index >= 15 is 0 Å². The van der Waals surface area contributed by atoms with Crippen LogP contribution >= 0.6 is 0 Å². The summed E-state index contributed by atoms with van der Waals surface area (Å²) in [5.74, 6) is 0.127. The molecular formula is C19H21N3O3. The van der Waals surface area contributed by atoms with E-state index < -0.39 is 0 Å². The second-order valence-electron chi connectivity index (χ2n) is 5.40. The molecule has 130 valence electrons. The monoisotopic (exact) mass is 339 g/mol. The highest BCUT2D eigenvalue weighted by Gasteiger charge is 2.08. The average Bonchev–Trinajstić information content (AvgIpc) is 2.62. The van der Waals surface area contributed by atoms with Crippen LogP contribution in [-0.4, -0.2) is 25.1 Å². The maximum Gasteiger partial charge on any atom is 0.240 e. The third kappa shape index (κ3) is 5.76. The molecule has 0 aliphatic heterocycles. The molecule has 2 amide bonds. The first-order chi connectivity index (χ1) is 12.1. The van der Waals surface area contributed by atoms with Gasteiger partial charge < -0.3 is 10.1 Å². The van der Waals surface area contributed by atoms with Crippen LogP contribution in [0.5, 0.6) is 5.75 Å². The van der Waals surface area contributed by atoms with E-state index in [4.69, 9.17) is 4.74 Å². The molecule has 0 fully saturated rings. The summed E-state index contributed by atoms with van der Waals surface area (Å²) in [5.41, 5.74) is 4.89. The number of amides is 2. The summed E-state index contributed by atoms with van der Waals surface area (Å²) in [6.45, 7) is 1.91. The van der Waals surface area contributed by atoms with Gasteiger partial charge in [-0.2, -0.15) is 5.10 Å². The zero-order valence-corrected chi connectivity index (χ0v) is 14.3. The van der Waals surface area contributed by atoms with Gasteiger partial charge in [-0.15, -0.1) is 0 Å². The van der Waals surface area contributed by atoms with E-state index in [1.807, 2.05) is 49.4 Å². The summed E-state index contributed by atoms with van der Waals surface area (Å²) in [6, 6.07) is 14.8. The Balaban J connectivity index is 1.78. The minimum Gasteiger partial charge on any atom is -0.496 e. The van der Waals surface area contributed by atoms with Crippen LogP contribution < -0.4 is 15.5 Å². The van der Waals surface area contributed by atoms with Crippen molar-refractivity contribution in [2.24, 2.45) is 5.10 Å². The van der Waals surface area contributed by atoms with Crippen molar-refractivity contribution in [2.75, 3.05) is 12.4 Å². The number of rotatable bonds is 7. The van der Waals surface area contributed by atoms with E-state index in [0.717, 1.165) is 16.8 Å². The summed E-state index contributed by atoms with van der Waals surface area (Å²) >= 11 is 0. The van der Waals surface area contributed by atoms with Crippen LogP contribution in [0.15, 0.2) is 53.6 Å². The number of para-hydroxylation sites is 2. The number of ether oxygens (including phenoxy) is 1. The Morgan fingerprint density at radius 3 is 2.48 bits per heavy atom. The summed E-state index contributed by atoms with van der Waals surface area (Å²) in [6.07, 6.45) is 1.65. The second-order valence-corrected chi connectivity index (χ2v) is 5.40. The van der Waals surface area contributed by atoms with Gasteiger partial charge in [0, 0.05) is 24.1 Å². The molecule has 0 bridgehead atoms. The summed E-state index contributed by atoms with van der Waals surface area (Å²) in [7, 11) is 1.57. The van der Waals surface area contributed by atoms with Crippen molar-refractivity contribution >= 4 is 23.7 Å². The molecule has 6 heteroatoms. The normalized spacial score (nSPS) is 10.5. The number of benzene rings is 2. The first-order valence-corrected chi connectivity index (χ1v) is 7.90. The van der Waals surface area contributed by atoms with Crippen LogP contribution in [0.4, 0.5) is 5.69 Å². The van der Waals surface area contributed by atoms with Crippen LogP contribution in [-0.2, 0) is 9.59 Å². The third-order valence-electron chi connectivity index (χ3n) is 3.53. The molecule has 0 unspecified atom stereocenters. The van der Waals surface area contributed by atoms with E-state index in [1.54, 1.807) is 13.2 Å². The predicted octanol–water partition coefficient (Wildman–Crippen LogP) is 2.87. The van der Waals surface area contributed by atoms with E-state index in [9.17, 15) is 9.59 Å². The number of hydrogen-bond donors (Lipinski definition) is 2. The average molecular weight is 339 g/mol. The van der Waals surface area contributed by atoms with Crippen molar-refractivity contribution in [1.82, 2.24) is 5.43 Å². The molecule has 2 aromatic carbocycles. The zero-order chi connectivity index (χ0) is 18.1. The number of carbonyl (C=O) groups excluding carboxylic acids is 2. The van der Waals surface area contributed by atoms with Crippen molar-refractivity contribution in [3.63, 3.8) is 0 Å². The molecule has 0 saturated carbocycles. The van der Waals surface area contributed by atoms with Gasteiger partial charge in [0.1, 0.15) is 5.75 Å². The molecule has 25 heavy (non-hydrogen) atoms. The highest BCUT2D eigenvalue weighted by molar-refractivity contribution is 5.94. The van der Waals surface area contributed by atoms with E-state index in [0.29, 0.717) is 5.75 Å². The highest BCUT2D eigenvalue weighted by Crippen LogP contribution is 2.15. The lowest BCUT2D eigenvalue weighted by Gasteiger charge is -2.07. The standard InChI is InChI=1S/C19H21N3O3/c1-14-7-3-5-9-16(14)21-18(23)11-12-19(24)22-20-13-15-8-4-6-10-17(15)25-2/h3-10,13H,11-12H2,1-2H3,(H,21,23)(H,22,24). The Bertz CT molecular complexity index is 772. The third-order valence-corrected chi connectivity index (χ3v) is 3.53. The Kier molecular flexibility index (Phi) is 6.71. The fraction of sp³-hybridized carbons (Fsp3) is 0.211. The lowest BCUT2D eigenvalue weighted by Crippen LogP contribution is -2.20. The molecule has 2 rings (SSSR count). The molecule has 2 N–H and O–H groups in total. The van der Waals surface area contributed by atoms with Crippen molar-refractivity contribution in [2.45, 2.75) is 19.8 Å². The molecular weight excluding hydrogens is 318 g/mol. The van der Waals surface area contributed by atoms with Crippen molar-refractivity contribution in [1.29, 1.82) is 0 Å². The van der Waals surface area contributed by atoms with E-state index in [1.165, 1.54) is 6.21 Å². The van der Waals surface area contributed by atoms with Gasteiger partial charge >= 0.3 is 0 Å². The number of nitrogens with one attached hydrogen (secondary N) is 2. The van der Waals surface area contributed by atoms with Crippen molar-refractivity contribution in [3.05, 3.63) is 59.7 Å². The van der Waals surface area contributed by atoms with Gasteiger partial charge in [-0.3, -0.25) is 9.59 Å². The minimum absolute atomic E-state index is 0.0565. The van der Waals surface area contributed by atoms with Crippen molar-refractivity contribution < 1.29 is 14.3 Å². The van der Waals surface area contributed by atoms with Crippen LogP contribution in [0.3, 0.4) is 0 Å². The lowest BCUT2D eigenvalue weighted by molar-refractivity contribution is -0.124. The van der Waals surface area contributed by atoms with Crippen LogP contribution in [0.25, 0.3) is 0 Å². The van der Waals surface area contributed by atoms with Crippen LogP contribution in [0, 0.1) is 6.92 Å². The molecule has 0 spiro atoms. The maximum absolute atomic E-state index is 11.9. The molecule has 0 aliphatic carbocycles. The summed E-state index contributed by atoms with van der Waals surface area (Å²) in [4.78, 5) is 23.7. The number of aryl methyl sites for hydroxylation is 1. The topological polar surface area (TPSA) is 79.8 Å². The quantitative estimate of drug-likeness (QED) is 0.601. The second kappa shape index (κ2) is 9.22. The number of nitrogens with zero attached hydrogens (tertiary/aromatic N) is 1. The fourth-order valence-electron chi connectivity index (χ4n) is 2.16. The number of carbonyl (C=O) groups is 2. The summed E-state index contributed by atoms with van der Waals surface area (Å²) < 4.78 is 5.19. The van der Waals surface area contributed by atoms with Gasteiger partial charge in [0.15, 0.2) is 0 Å². The highest BCUT2D eigenvalue weighted by atomic mass is 16.5. The van der Waals surface area contributed by atoms with E-state index in [2.05, 4.69) is 15.8 Å². The Morgan fingerprint density at radius 1 is 1.04 bits per heavy atom. The molecule has 0 radical (unpaired) electrons. The van der Waals surface area contributed by atoms with E-state index in [-0.39, 0.29) is 24.7 Å². The molecule has 0 aromatic heterocycles. The van der Waals surface area contributed by atoms with Gasteiger partial charge in [0.25, 0.3) is 0 Å². The molecule has 0 aliphatic rings. The molecule has 0 atom stereocenters. The van der Waals surface area contributed by atoms with Gasteiger partial charge in [0.05, 0.1) is 13.3 Å². The smallest absolute Gasteiger partial charge is 0.240 e. The first-order valence-electron chi connectivity index (χ1n) is 7.90. The fourth-order valence-corrected chi connectivity index (χ4v) is 2.16. The number of methoxy groups -OCH3 is 1. The number of anilines is 1. The molecule has 0 saturated heterocycles. The zero-order valence-electron chi connectivity index (χ0n) is 14.3. The SMILES string of the molecule is COc1ccccc1C=NNC(=O)CCC(=O)Nc1ccccc1C. The van der Waals surface area contributed by atoms with Crippen LogP contribution in [0.2, 0.25) is 0 Å². The number of hydrazone groups is 1. The Labute approximate surface area is 146 Å². The Morgan fingerprint density at radius 2 is 1.72 bits per heavy atom. The lowest BCUT2D eigenvalue weighted by atomic mass is 10.2. The summed E-state index contributed by atoms with van der Waals surface area (Å²) in [5, 5.41) is 6.68. The predicted molar refractivity (Wildman–Crippen MR) is 97.8 cm³/mol. The van der Waals surface area contributed by atoms with Gasteiger partial charge in [-0.25, -0.2) is 5.43 Å². The maximum atomic E-state index is 11.9. The molecule has 0 heterocycles.